The lowest BCUT2D eigenvalue weighted by atomic mass is 10.1. The van der Waals surface area contributed by atoms with Crippen molar-refractivity contribution in [3.8, 4) is 17.0 Å². The van der Waals surface area contributed by atoms with Gasteiger partial charge in [-0.3, -0.25) is 4.98 Å². The molecule has 2 rings (SSSR count). The smallest absolute Gasteiger partial charge is 0.128 e. The predicted molar refractivity (Wildman–Crippen MR) is 92.2 cm³/mol. The Morgan fingerprint density at radius 3 is 2.64 bits per heavy atom. The van der Waals surface area contributed by atoms with Crippen molar-refractivity contribution < 1.29 is 4.74 Å². The summed E-state index contributed by atoms with van der Waals surface area (Å²) in [4.78, 5) is 4.77. The normalized spacial score (nSPS) is 10.7. The number of unbranched alkanes of at least 4 members (excludes halogenated alkanes) is 1. The number of para-hydroxylation sites is 1. The van der Waals surface area contributed by atoms with Crippen LogP contribution >= 0.6 is 0 Å². The maximum Gasteiger partial charge on any atom is 0.128 e. The Labute approximate surface area is 133 Å². The number of rotatable bonds is 8. The van der Waals surface area contributed by atoms with E-state index in [0.29, 0.717) is 6.61 Å². The Hall–Kier alpha value is -1.87. The van der Waals surface area contributed by atoms with Crippen LogP contribution in [0.4, 0.5) is 0 Å². The molecule has 0 saturated heterocycles. The molecule has 118 valence electrons. The molecule has 1 aromatic heterocycles. The van der Waals surface area contributed by atoms with Gasteiger partial charge in [0.15, 0.2) is 0 Å². The van der Waals surface area contributed by atoms with Crippen LogP contribution in [0, 0.1) is 6.92 Å². The van der Waals surface area contributed by atoms with Crippen LogP contribution in [0.15, 0.2) is 36.4 Å². The van der Waals surface area contributed by atoms with Crippen molar-refractivity contribution in [2.24, 2.45) is 0 Å². The SMILES string of the molecule is CCCCNCc1ccc(-c2ccccc2OCC)nc1C. The summed E-state index contributed by atoms with van der Waals surface area (Å²) in [5.41, 5.74) is 4.36. The average molecular weight is 298 g/mol. The van der Waals surface area contributed by atoms with Gasteiger partial charge in [-0.25, -0.2) is 0 Å². The summed E-state index contributed by atoms with van der Waals surface area (Å²) < 4.78 is 5.70. The largest absolute Gasteiger partial charge is 0.493 e. The molecule has 1 heterocycles. The van der Waals surface area contributed by atoms with Crippen LogP contribution < -0.4 is 10.1 Å². The summed E-state index contributed by atoms with van der Waals surface area (Å²) in [5.74, 6) is 0.894. The molecule has 1 N–H and O–H groups in total. The highest BCUT2D eigenvalue weighted by atomic mass is 16.5. The van der Waals surface area contributed by atoms with Crippen molar-refractivity contribution in [1.29, 1.82) is 0 Å². The summed E-state index contributed by atoms with van der Waals surface area (Å²) >= 11 is 0. The maximum absolute atomic E-state index is 5.70. The zero-order valence-corrected chi connectivity index (χ0v) is 13.9. The molecule has 1 aromatic carbocycles. The van der Waals surface area contributed by atoms with Crippen molar-refractivity contribution in [1.82, 2.24) is 10.3 Å². The van der Waals surface area contributed by atoms with Gasteiger partial charge in [0.25, 0.3) is 0 Å². The fourth-order valence-corrected chi connectivity index (χ4v) is 2.41. The zero-order chi connectivity index (χ0) is 15.8. The van der Waals surface area contributed by atoms with Crippen molar-refractivity contribution in [3.63, 3.8) is 0 Å². The van der Waals surface area contributed by atoms with E-state index in [4.69, 9.17) is 9.72 Å². The number of pyridine rings is 1. The molecule has 0 fully saturated rings. The number of nitrogens with one attached hydrogen (secondary N) is 1. The van der Waals surface area contributed by atoms with Gasteiger partial charge in [-0.1, -0.05) is 31.5 Å². The first-order chi connectivity index (χ1) is 10.8. The van der Waals surface area contributed by atoms with Gasteiger partial charge >= 0.3 is 0 Å². The van der Waals surface area contributed by atoms with Crippen LogP contribution in [-0.2, 0) is 6.54 Å². The summed E-state index contributed by atoms with van der Waals surface area (Å²) in [7, 11) is 0. The average Bonchev–Trinajstić information content (AvgIpc) is 2.54. The molecular formula is C19H26N2O. The highest BCUT2D eigenvalue weighted by Crippen LogP contribution is 2.29. The van der Waals surface area contributed by atoms with Crippen molar-refractivity contribution in [3.05, 3.63) is 47.7 Å². The van der Waals surface area contributed by atoms with Crippen LogP contribution in [0.2, 0.25) is 0 Å². The lowest BCUT2D eigenvalue weighted by Gasteiger charge is -2.12. The summed E-state index contributed by atoms with van der Waals surface area (Å²) in [5, 5.41) is 3.47. The van der Waals surface area contributed by atoms with E-state index in [1.807, 2.05) is 25.1 Å². The molecule has 0 aliphatic carbocycles. The first-order valence-electron chi connectivity index (χ1n) is 8.15. The van der Waals surface area contributed by atoms with E-state index in [1.54, 1.807) is 0 Å². The van der Waals surface area contributed by atoms with Crippen LogP contribution in [0.25, 0.3) is 11.3 Å². The van der Waals surface area contributed by atoms with E-state index in [2.05, 4.69) is 37.4 Å². The minimum absolute atomic E-state index is 0.662. The lowest BCUT2D eigenvalue weighted by molar-refractivity contribution is 0.341. The summed E-state index contributed by atoms with van der Waals surface area (Å²) in [6.45, 7) is 8.88. The second kappa shape index (κ2) is 8.54. The third-order valence-electron chi connectivity index (χ3n) is 3.68. The minimum Gasteiger partial charge on any atom is -0.493 e. The molecule has 22 heavy (non-hydrogen) atoms. The predicted octanol–water partition coefficient (Wildman–Crippen LogP) is 4.35. The molecule has 3 heteroatoms. The molecule has 0 spiro atoms. The van der Waals surface area contributed by atoms with Gasteiger partial charge < -0.3 is 10.1 Å². The standard InChI is InChI=1S/C19H26N2O/c1-4-6-13-20-14-16-11-12-18(21-15(16)3)17-9-7-8-10-19(17)22-5-2/h7-12,20H,4-6,13-14H2,1-3H3. The van der Waals surface area contributed by atoms with E-state index < -0.39 is 0 Å². The summed E-state index contributed by atoms with van der Waals surface area (Å²) in [6, 6.07) is 12.3. The van der Waals surface area contributed by atoms with Gasteiger partial charge in [0.2, 0.25) is 0 Å². The number of hydrogen-bond donors (Lipinski definition) is 1. The first kappa shape index (κ1) is 16.5. The van der Waals surface area contributed by atoms with Gasteiger partial charge in [0.05, 0.1) is 12.3 Å². The lowest BCUT2D eigenvalue weighted by Crippen LogP contribution is -2.15. The maximum atomic E-state index is 5.70. The molecule has 0 saturated carbocycles. The second-order valence-electron chi connectivity index (χ2n) is 5.40. The highest BCUT2D eigenvalue weighted by Gasteiger charge is 2.08. The number of aryl methyl sites for hydroxylation is 1. The molecule has 0 atom stereocenters. The van der Waals surface area contributed by atoms with Crippen LogP contribution in [0.5, 0.6) is 5.75 Å². The summed E-state index contributed by atoms with van der Waals surface area (Å²) in [6.07, 6.45) is 2.43. The monoisotopic (exact) mass is 298 g/mol. The molecule has 0 unspecified atom stereocenters. The number of ether oxygens (including phenoxy) is 1. The van der Waals surface area contributed by atoms with E-state index in [1.165, 1.54) is 18.4 Å². The van der Waals surface area contributed by atoms with Crippen LogP contribution in [-0.4, -0.2) is 18.1 Å². The molecule has 3 nitrogen and oxygen atoms in total. The van der Waals surface area contributed by atoms with Gasteiger partial charge in [-0.2, -0.15) is 0 Å². The topological polar surface area (TPSA) is 34.1 Å². The third-order valence-corrected chi connectivity index (χ3v) is 3.68. The van der Waals surface area contributed by atoms with E-state index in [-0.39, 0.29) is 0 Å². The number of benzene rings is 1. The highest BCUT2D eigenvalue weighted by molar-refractivity contribution is 5.67. The number of hydrogen-bond acceptors (Lipinski definition) is 3. The second-order valence-corrected chi connectivity index (χ2v) is 5.40. The molecule has 0 aliphatic rings. The van der Waals surface area contributed by atoms with Crippen LogP contribution in [0.3, 0.4) is 0 Å². The Bertz CT molecular complexity index is 596. The molecule has 0 aliphatic heterocycles. The quantitative estimate of drug-likeness (QED) is 0.736. The molecule has 0 amide bonds. The van der Waals surface area contributed by atoms with Crippen molar-refractivity contribution in [2.75, 3.05) is 13.2 Å². The fraction of sp³-hybridized carbons (Fsp3) is 0.421. The minimum atomic E-state index is 0.662. The van der Waals surface area contributed by atoms with E-state index in [9.17, 15) is 0 Å². The van der Waals surface area contributed by atoms with Crippen molar-refractivity contribution >= 4 is 0 Å². The molecule has 0 bridgehead atoms. The van der Waals surface area contributed by atoms with Crippen molar-refractivity contribution in [2.45, 2.75) is 40.2 Å². The molecular weight excluding hydrogens is 272 g/mol. The molecule has 2 aromatic rings. The Kier molecular flexibility index (Phi) is 6.41. The van der Waals surface area contributed by atoms with Crippen LogP contribution in [0.1, 0.15) is 37.9 Å². The van der Waals surface area contributed by atoms with Gasteiger partial charge in [0.1, 0.15) is 5.75 Å². The van der Waals surface area contributed by atoms with E-state index >= 15 is 0 Å². The van der Waals surface area contributed by atoms with Gasteiger partial charge in [0, 0.05) is 17.8 Å². The number of aromatic nitrogens is 1. The van der Waals surface area contributed by atoms with E-state index in [0.717, 1.165) is 35.8 Å². The number of nitrogens with zero attached hydrogens (tertiary/aromatic N) is 1. The molecule has 0 radical (unpaired) electrons. The fourth-order valence-electron chi connectivity index (χ4n) is 2.41. The first-order valence-corrected chi connectivity index (χ1v) is 8.15. The van der Waals surface area contributed by atoms with Gasteiger partial charge in [-0.05, 0) is 50.6 Å². The zero-order valence-electron chi connectivity index (χ0n) is 13.9. The Morgan fingerprint density at radius 1 is 1.09 bits per heavy atom. The Morgan fingerprint density at radius 2 is 1.91 bits per heavy atom. The Balaban J connectivity index is 2.15. The van der Waals surface area contributed by atoms with Gasteiger partial charge in [-0.15, -0.1) is 0 Å². The third kappa shape index (κ3) is 4.31.